The summed E-state index contributed by atoms with van der Waals surface area (Å²) in [5.74, 6) is -0.707. The topological polar surface area (TPSA) is 43.8 Å². The number of carboxylic acid groups (broad SMARTS) is 1. The summed E-state index contributed by atoms with van der Waals surface area (Å²) in [4.78, 5) is 15.6. The van der Waals surface area contributed by atoms with Crippen LogP contribution in [0.25, 0.3) is 0 Å². The molecule has 1 rings (SSSR count). The molecule has 1 N–H and O–H groups in total. The van der Waals surface area contributed by atoms with Gasteiger partial charge in [-0.3, -0.25) is 9.69 Å². The van der Waals surface area contributed by atoms with E-state index >= 15 is 0 Å². The SMILES string of the molecule is CCN(CC(=O)O)C1CCN(CC(CC)(CC)CC)CC1. The van der Waals surface area contributed by atoms with Gasteiger partial charge in [0.25, 0.3) is 0 Å². The summed E-state index contributed by atoms with van der Waals surface area (Å²) in [5.41, 5.74) is 0.471. The summed E-state index contributed by atoms with van der Waals surface area (Å²) in [5, 5.41) is 8.99. The van der Waals surface area contributed by atoms with Crippen LogP contribution >= 0.6 is 0 Å². The molecule has 0 unspecified atom stereocenters. The van der Waals surface area contributed by atoms with Crippen LogP contribution in [0.5, 0.6) is 0 Å². The molecule has 0 aromatic rings. The van der Waals surface area contributed by atoms with Gasteiger partial charge in [-0.05, 0) is 57.2 Å². The second kappa shape index (κ2) is 8.74. The molecule has 0 radical (unpaired) electrons. The molecule has 1 aliphatic heterocycles. The van der Waals surface area contributed by atoms with Gasteiger partial charge in [0, 0.05) is 12.6 Å². The third-order valence-corrected chi connectivity index (χ3v) is 5.63. The van der Waals surface area contributed by atoms with Crippen LogP contribution in [0, 0.1) is 5.41 Å². The lowest BCUT2D eigenvalue weighted by molar-refractivity contribution is -0.139. The third-order valence-electron chi connectivity index (χ3n) is 5.63. The van der Waals surface area contributed by atoms with Gasteiger partial charge < -0.3 is 10.0 Å². The maximum atomic E-state index is 10.9. The molecule has 0 saturated carbocycles. The van der Waals surface area contributed by atoms with Crippen molar-refractivity contribution >= 4 is 5.97 Å². The Kier molecular flexibility index (Phi) is 7.67. The zero-order valence-corrected chi connectivity index (χ0v) is 14.4. The second-order valence-corrected chi connectivity index (χ2v) is 6.52. The average molecular weight is 298 g/mol. The minimum atomic E-state index is -0.707. The number of hydrogen-bond acceptors (Lipinski definition) is 3. The van der Waals surface area contributed by atoms with Gasteiger partial charge in [0.1, 0.15) is 0 Å². The van der Waals surface area contributed by atoms with E-state index in [-0.39, 0.29) is 6.54 Å². The quantitative estimate of drug-likeness (QED) is 0.710. The fraction of sp³-hybridized carbons (Fsp3) is 0.941. The smallest absolute Gasteiger partial charge is 0.317 e. The van der Waals surface area contributed by atoms with Crippen LogP contribution in [-0.2, 0) is 4.79 Å². The Bertz CT molecular complexity index is 300. The van der Waals surface area contributed by atoms with Crippen LogP contribution < -0.4 is 0 Å². The van der Waals surface area contributed by atoms with E-state index in [1.807, 2.05) is 0 Å². The molecule has 0 spiro atoms. The number of likely N-dealkylation sites (N-methyl/N-ethyl adjacent to an activating group) is 1. The molecule has 0 bridgehead atoms. The largest absolute Gasteiger partial charge is 0.480 e. The summed E-state index contributed by atoms with van der Waals surface area (Å²) in [6, 6.07) is 0.446. The highest BCUT2D eigenvalue weighted by molar-refractivity contribution is 5.69. The summed E-state index contributed by atoms with van der Waals surface area (Å²) in [6.45, 7) is 13.4. The second-order valence-electron chi connectivity index (χ2n) is 6.52. The van der Waals surface area contributed by atoms with E-state index in [1.54, 1.807) is 0 Å². The molecule has 21 heavy (non-hydrogen) atoms. The Balaban J connectivity index is 2.49. The lowest BCUT2D eigenvalue weighted by Crippen LogP contribution is -2.48. The molecule has 1 fully saturated rings. The molecule has 0 aromatic heterocycles. The van der Waals surface area contributed by atoms with Gasteiger partial charge in [0.15, 0.2) is 0 Å². The Morgan fingerprint density at radius 2 is 1.67 bits per heavy atom. The molecule has 0 aliphatic carbocycles. The summed E-state index contributed by atoms with van der Waals surface area (Å²) in [6.07, 6.45) is 5.96. The highest BCUT2D eigenvalue weighted by Gasteiger charge is 2.30. The van der Waals surface area contributed by atoms with E-state index < -0.39 is 5.97 Å². The van der Waals surface area contributed by atoms with Gasteiger partial charge in [0.05, 0.1) is 6.54 Å². The van der Waals surface area contributed by atoms with E-state index in [0.717, 1.165) is 32.5 Å². The number of aliphatic carboxylic acids is 1. The number of rotatable bonds is 9. The van der Waals surface area contributed by atoms with Crippen molar-refractivity contribution in [3.63, 3.8) is 0 Å². The molecular formula is C17H34N2O2. The lowest BCUT2D eigenvalue weighted by Gasteiger charge is -2.42. The molecule has 1 aliphatic rings. The first-order valence-corrected chi connectivity index (χ1v) is 8.68. The maximum absolute atomic E-state index is 10.9. The zero-order valence-electron chi connectivity index (χ0n) is 14.4. The predicted octanol–water partition coefficient (Wildman–Crippen LogP) is 3.07. The summed E-state index contributed by atoms with van der Waals surface area (Å²) < 4.78 is 0. The number of carbonyl (C=O) groups is 1. The first-order chi connectivity index (χ1) is 10.00. The zero-order chi connectivity index (χ0) is 15.9. The maximum Gasteiger partial charge on any atom is 0.317 e. The van der Waals surface area contributed by atoms with Crippen molar-refractivity contribution in [1.82, 2.24) is 9.80 Å². The van der Waals surface area contributed by atoms with Crippen LogP contribution in [0.4, 0.5) is 0 Å². The minimum absolute atomic E-state index is 0.185. The van der Waals surface area contributed by atoms with Crippen molar-refractivity contribution in [2.75, 3.05) is 32.7 Å². The average Bonchev–Trinajstić information content (AvgIpc) is 2.51. The number of piperidine rings is 1. The molecule has 1 heterocycles. The van der Waals surface area contributed by atoms with E-state index in [4.69, 9.17) is 5.11 Å². The van der Waals surface area contributed by atoms with E-state index in [0.29, 0.717) is 11.5 Å². The van der Waals surface area contributed by atoms with E-state index in [1.165, 1.54) is 25.8 Å². The molecule has 0 amide bonds. The van der Waals surface area contributed by atoms with Crippen LogP contribution in [0.15, 0.2) is 0 Å². The minimum Gasteiger partial charge on any atom is -0.480 e. The van der Waals surface area contributed by atoms with Crippen molar-refractivity contribution in [2.24, 2.45) is 5.41 Å². The molecule has 1 saturated heterocycles. The molecule has 124 valence electrons. The molecule has 0 aromatic carbocycles. The van der Waals surface area contributed by atoms with Gasteiger partial charge in [-0.1, -0.05) is 27.7 Å². The lowest BCUT2D eigenvalue weighted by atomic mass is 9.79. The summed E-state index contributed by atoms with van der Waals surface area (Å²) in [7, 11) is 0. The van der Waals surface area contributed by atoms with E-state index in [2.05, 4.69) is 37.5 Å². The Morgan fingerprint density at radius 1 is 1.14 bits per heavy atom. The predicted molar refractivity (Wildman–Crippen MR) is 87.7 cm³/mol. The standard InChI is InChI=1S/C17H34N2O2/c1-5-17(6-2,7-3)14-18-11-9-15(10-12-18)19(8-4)13-16(20)21/h15H,5-14H2,1-4H3,(H,20,21). The number of likely N-dealkylation sites (tertiary alicyclic amines) is 1. The first-order valence-electron chi connectivity index (χ1n) is 8.68. The van der Waals surface area contributed by atoms with Crippen molar-refractivity contribution in [3.8, 4) is 0 Å². The van der Waals surface area contributed by atoms with Gasteiger partial charge in [-0.2, -0.15) is 0 Å². The van der Waals surface area contributed by atoms with Crippen LogP contribution in [0.2, 0.25) is 0 Å². The van der Waals surface area contributed by atoms with Gasteiger partial charge >= 0.3 is 5.97 Å². The van der Waals surface area contributed by atoms with Crippen molar-refractivity contribution < 1.29 is 9.90 Å². The highest BCUT2D eigenvalue weighted by Crippen LogP contribution is 2.32. The van der Waals surface area contributed by atoms with Gasteiger partial charge in [-0.15, -0.1) is 0 Å². The number of carboxylic acids is 1. The Labute approximate surface area is 130 Å². The number of hydrogen-bond donors (Lipinski definition) is 1. The Morgan fingerprint density at radius 3 is 2.05 bits per heavy atom. The van der Waals surface area contributed by atoms with Crippen LogP contribution in [0.1, 0.15) is 59.8 Å². The fourth-order valence-corrected chi connectivity index (χ4v) is 3.68. The molecule has 4 heteroatoms. The summed E-state index contributed by atoms with van der Waals surface area (Å²) >= 11 is 0. The van der Waals surface area contributed by atoms with Crippen molar-refractivity contribution in [2.45, 2.75) is 65.8 Å². The molecular weight excluding hydrogens is 264 g/mol. The Hall–Kier alpha value is -0.610. The monoisotopic (exact) mass is 298 g/mol. The van der Waals surface area contributed by atoms with E-state index in [9.17, 15) is 4.79 Å². The van der Waals surface area contributed by atoms with Crippen molar-refractivity contribution in [3.05, 3.63) is 0 Å². The first kappa shape index (κ1) is 18.4. The van der Waals surface area contributed by atoms with Gasteiger partial charge in [-0.25, -0.2) is 0 Å². The molecule has 0 atom stereocenters. The van der Waals surface area contributed by atoms with Gasteiger partial charge in [0.2, 0.25) is 0 Å². The third kappa shape index (κ3) is 5.26. The number of nitrogens with zero attached hydrogens (tertiary/aromatic N) is 2. The fourth-order valence-electron chi connectivity index (χ4n) is 3.68. The highest BCUT2D eigenvalue weighted by atomic mass is 16.4. The van der Waals surface area contributed by atoms with Crippen LogP contribution in [0.3, 0.4) is 0 Å². The molecule has 4 nitrogen and oxygen atoms in total. The normalized spacial score (nSPS) is 18.3. The van der Waals surface area contributed by atoms with Crippen LogP contribution in [-0.4, -0.2) is 59.6 Å². The van der Waals surface area contributed by atoms with Crippen molar-refractivity contribution in [1.29, 1.82) is 0 Å².